The number of hydrogen-bond donors (Lipinski definition) is 0. The first-order chi connectivity index (χ1) is 6.00. The minimum Gasteiger partial charge on any atom is -0.360 e. The second kappa shape index (κ2) is 4.30. The first kappa shape index (κ1) is 11.5. The Morgan fingerprint density at radius 3 is 1.54 bits per heavy atom. The topological polar surface area (TPSA) is 9.72 Å². The van der Waals surface area contributed by atoms with Crippen molar-refractivity contribution in [2.75, 3.05) is 27.4 Å². The number of rotatable bonds is 1. The highest BCUT2D eigenvalue weighted by molar-refractivity contribution is 8.24. The van der Waals surface area contributed by atoms with Gasteiger partial charge in [0.25, 0.3) is 14.0 Å². The van der Waals surface area contributed by atoms with E-state index in [2.05, 4.69) is 55.2 Å². The summed E-state index contributed by atoms with van der Waals surface area (Å²) in [4.78, 5) is 0. The van der Waals surface area contributed by atoms with Gasteiger partial charge in [0.15, 0.2) is 0 Å². The van der Waals surface area contributed by atoms with Crippen LogP contribution < -0.4 is 0 Å². The van der Waals surface area contributed by atoms with Crippen molar-refractivity contribution in [2.24, 2.45) is 0 Å². The number of nitrogens with zero attached hydrogens (tertiary/aromatic N) is 3. The minimum absolute atomic E-state index is 0.501. The predicted molar refractivity (Wildman–Crippen MR) is 65.8 cm³/mol. The van der Waals surface area contributed by atoms with Crippen LogP contribution in [-0.2, 0) is 0 Å². The van der Waals surface area contributed by atoms with Gasteiger partial charge in [-0.15, -0.1) is 0 Å². The van der Waals surface area contributed by atoms with Crippen molar-refractivity contribution in [3.63, 3.8) is 0 Å². The molecule has 1 heterocycles. The molecular weight excluding hydrogens is 179 g/mol. The maximum absolute atomic E-state index is 2.39. The van der Waals surface area contributed by atoms with Crippen LogP contribution in [-0.4, -0.2) is 61.8 Å². The fraction of sp³-hybridized carbons (Fsp3) is 1.00. The van der Waals surface area contributed by atoms with Crippen LogP contribution in [0.25, 0.3) is 0 Å². The molecule has 0 N–H and O–H groups in total. The fourth-order valence-electron chi connectivity index (χ4n) is 1.88. The Morgan fingerprint density at radius 1 is 0.846 bits per heavy atom. The lowest BCUT2D eigenvalue weighted by Crippen LogP contribution is -2.72. The highest BCUT2D eigenvalue weighted by Gasteiger charge is 2.43. The molecule has 0 aromatic heterocycles. The lowest BCUT2D eigenvalue weighted by Gasteiger charge is -2.47. The van der Waals surface area contributed by atoms with Gasteiger partial charge in [-0.2, -0.15) is 11.6 Å². The van der Waals surface area contributed by atoms with Crippen molar-refractivity contribution < 1.29 is 0 Å². The molecule has 0 saturated carbocycles. The van der Waals surface area contributed by atoms with Crippen molar-refractivity contribution in [1.82, 2.24) is 14.2 Å². The molecule has 1 aliphatic heterocycles. The lowest BCUT2D eigenvalue weighted by atomic mass is 9.52. The molecule has 1 aliphatic rings. The van der Waals surface area contributed by atoms with Crippen LogP contribution in [0.1, 0.15) is 0 Å². The summed E-state index contributed by atoms with van der Waals surface area (Å²) in [6, 6.07) is 0. The maximum atomic E-state index is 2.39. The Kier molecular flexibility index (Phi) is 3.80. The van der Waals surface area contributed by atoms with Crippen LogP contribution in [0, 0.1) is 0 Å². The second-order valence-corrected chi connectivity index (χ2v) is 4.72. The zero-order chi connectivity index (χ0) is 10.2. The third-order valence-corrected chi connectivity index (χ3v) is 4.35. The van der Waals surface area contributed by atoms with E-state index in [0.717, 1.165) is 0 Å². The van der Waals surface area contributed by atoms with Crippen molar-refractivity contribution in [1.29, 1.82) is 0 Å². The first-order valence-electron chi connectivity index (χ1n) is 4.69. The van der Waals surface area contributed by atoms with Crippen LogP contribution in [0.4, 0.5) is 0 Å². The molecule has 0 unspecified atom stereocenters. The largest absolute Gasteiger partial charge is 0.360 e. The van der Waals surface area contributed by atoms with Crippen molar-refractivity contribution in [3.8, 4) is 0 Å². The van der Waals surface area contributed by atoms with Crippen LogP contribution >= 0.6 is 11.6 Å². The summed E-state index contributed by atoms with van der Waals surface area (Å²) in [5.41, 5.74) is 0. The second-order valence-electron chi connectivity index (χ2n) is 3.82. The van der Waals surface area contributed by atoms with E-state index in [0.29, 0.717) is 20.2 Å². The van der Waals surface area contributed by atoms with Gasteiger partial charge >= 0.3 is 6.26 Å². The minimum atomic E-state index is 0.501. The summed E-state index contributed by atoms with van der Waals surface area (Å²) >= 11 is 1.90. The Bertz CT molecular complexity index is 169. The van der Waals surface area contributed by atoms with Gasteiger partial charge in [-0.1, -0.05) is 13.6 Å². The monoisotopic (exact) mass is 197 g/mol. The fourth-order valence-corrected chi connectivity index (χ4v) is 2.89. The zero-order valence-corrected chi connectivity index (χ0v) is 10.3. The molecule has 0 radical (unpaired) electrons. The van der Waals surface area contributed by atoms with Gasteiger partial charge in [-0.05, 0) is 27.4 Å². The molecule has 1 rings (SSSR count). The summed E-state index contributed by atoms with van der Waals surface area (Å²) in [5.74, 6) is 0. The van der Waals surface area contributed by atoms with E-state index in [9.17, 15) is 0 Å². The van der Waals surface area contributed by atoms with Crippen LogP contribution in [0.15, 0.2) is 0 Å². The van der Waals surface area contributed by atoms with Gasteiger partial charge < -0.3 is 14.2 Å². The molecule has 0 bridgehead atoms. The van der Waals surface area contributed by atoms with Gasteiger partial charge in [0.2, 0.25) is 0 Å². The van der Waals surface area contributed by atoms with E-state index in [4.69, 9.17) is 0 Å². The van der Waals surface area contributed by atoms with E-state index < -0.39 is 0 Å². The average Bonchev–Trinajstić information content (AvgIpc) is 2.13. The molecule has 3 nitrogen and oxygen atoms in total. The van der Waals surface area contributed by atoms with Crippen LogP contribution in [0.2, 0.25) is 13.6 Å². The Labute approximate surface area is 87.5 Å². The molecule has 0 aromatic carbocycles. The van der Waals surface area contributed by atoms with Gasteiger partial charge in [0.1, 0.15) is 0 Å². The molecule has 72 valence electrons. The third-order valence-electron chi connectivity index (χ3n) is 3.27. The Hall–Kier alpha value is 0.425. The first-order valence-corrected chi connectivity index (χ1v) is 5.98. The molecule has 13 heavy (non-hydrogen) atoms. The maximum Gasteiger partial charge on any atom is 0.360 e. The van der Waals surface area contributed by atoms with Gasteiger partial charge in [0, 0.05) is 0 Å². The number of hydrogen-bond acceptors (Lipinski definition) is 4. The summed E-state index contributed by atoms with van der Waals surface area (Å²) in [7, 11) is 6.55. The standard InChI is InChI=1S/C6H18B3N3S/c1-7-10(3)8(2)12(5)9(13-6)11(7)4/h1-6H3. The van der Waals surface area contributed by atoms with E-state index in [1.807, 2.05) is 11.6 Å². The highest BCUT2D eigenvalue weighted by atomic mass is 32.2. The normalized spacial score (nSPS) is 23.1. The molecule has 0 spiro atoms. The Balaban J connectivity index is 2.79. The molecule has 1 fully saturated rings. The lowest BCUT2D eigenvalue weighted by molar-refractivity contribution is 0.557. The summed E-state index contributed by atoms with van der Waals surface area (Å²) in [6.45, 7) is 5.55. The summed E-state index contributed by atoms with van der Waals surface area (Å²) in [5, 5.41) is 0. The molecule has 0 atom stereocenters. The molecular formula is C6H18B3N3S. The predicted octanol–water partition coefficient (Wildman–Crippen LogP) is 0.379. The van der Waals surface area contributed by atoms with Gasteiger partial charge in [-0.25, -0.2) is 0 Å². The van der Waals surface area contributed by atoms with E-state index in [-0.39, 0.29) is 0 Å². The molecule has 0 aliphatic carbocycles. The van der Waals surface area contributed by atoms with Crippen LogP contribution in [0.5, 0.6) is 0 Å². The summed E-state index contributed by atoms with van der Waals surface area (Å²) < 4.78 is 7.17. The zero-order valence-electron chi connectivity index (χ0n) is 9.48. The van der Waals surface area contributed by atoms with Crippen molar-refractivity contribution in [2.45, 2.75) is 13.6 Å². The quantitative estimate of drug-likeness (QED) is 0.561. The van der Waals surface area contributed by atoms with E-state index >= 15 is 0 Å². The SMILES string of the molecule is CSB1N(C)B(C)N(C)B(C)N1C. The molecule has 1 saturated heterocycles. The smallest absolute Gasteiger partial charge is 0.360 e. The average molecular weight is 197 g/mol. The van der Waals surface area contributed by atoms with Crippen molar-refractivity contribution in [3.05, 3.63) is 0 Å². The summed E-state index contributed by atoms with van der Waals surface area (Å²) in [6.07, 6.45) is 2.67. The highest BCUT2D eigenvalue weighted by Crippen LogP contribution is 2.20. The molecule has 0 aromatic rings. The Morgan fingerprint density at radius 2 is 1.23 bits per heavy atom. The van der Waals surface area contributed by atoms with E-state index in [1.54, 1.807) is 0 Å². The third kappa shape index (κ3) is 1.93. The molecule has 0 amide bonds. The van der Waals surface area contributed by atoms with Crippen LogP contribution in [0.3, 0.4) is 0 Å². The van der Waals surface area contributed by atoms with Gasteiger partial charge in [0.05, 0.1) is 0 Å². The van der Waals surface area contributed by atoms with Crippen molar-refractivity contribution >= 4 is 31.8 Å². The molecule has 7 heteroatoms. The van der Waals surface area contributed by atoms with E-state index in [1.165, 1.54) is 0 Å². The van der Waals surface area contributed by atoms with Gasteiger partial charge in [-0.3, -0.25) is 0 Å².